The number of rotatable bonds is 9. The summed E-state index contributed by atoms with van der Waals surface area (Å²) in [6.07, 6.45) is 0.418. The van der Waals surface area contributed by atoms with Crippen LogP contribution < -0.4 is 5.43 Å². The lowest BCUT2D eigenvalue weighted by molar-refractivity contribution is 0.101. The average molecular weight is 380 g/mol. The zero-order chi connectivity index (χ0) is 19.9. The van der Waals surface area contributed by atoms with Gasteiger partial charge in [0.2, 0.25) is 0 Å². The molecular weight excluding hydrogens is 352 g/mol. The molecule has 0 aliphatic carbocycles. The maximum Gasteiger partial charge on any atom is 0.180 e. The van der Waals surface area contributed by atoms with Crippen LogP contribution in [0.2, 0.25) is 0 Å². The van der Waals surface area contributed by atoms with Gasteiger partial charge in [0.1, 0.15) is 12.2 Å². The molecule has 1 heterocycles. The molecular formula is C22H28N4O2. The fraction of sp³-hybridized carbons (Fsp3) is 0.364. The molecule has 0 aliphatic rings. The summed E-state index contributed by atoms with van der Waals surface area (Å²) >= 11 is 0. The molecule has 3 unspecified atom stereocenters. The van der Waals surface area contributed by atoms with Gasteiger partial charge in [-0.3, -0.25) is 0 Å². The first-order valence-electron chi connectivity index (χ1n) is 9.50. The summed E-state index contributed by atoms with van der Waals surface area (Å²) in [4.78, 5) is 0. The Balaban J connectivity index is 1.99. The van der Waals surface area contributed by atoms with Crippen LogP contribution in [0.3, 0.4) is 0 Å². The first-order valence-corrected chi connectivity index (χ1v) is 9.50. The summed E-state index contributed by atoms with van der Waals surface area (Å²) in [6.45, 7) is 3.91. The average Bonchev–Trinajstić information content (AvgIpc) is 3.17. The van der Waals surface area contributed by atoms with Gasteiger partial charge in [-0.2, -0.15) is 0 Å². The number of hydrogen-bond donors (Lipinski definition) is 1. The molecule has 3 atom stereocenters. The molecule has 1 aromatic heterocycles. The summed E-state index contributed by atoms with van der Waals surface area (Å²) in [5.74, 6) is 1.44. The van der Waals surface area contributed by atoms with Gasteiger partial charge >= 0.3 is 0 Å². The number of ether oxygens (including phenoxy) is 2. The van der Waals surface area contributed by atoms with Gasteiger partial charge in [0.05, 0.1) is 6.04 Å². The highest BCUT2D eigenvalue weighted by Crippen LogP contribution is 2.24. The Labute approximate surface area is 166 Å². The van der Waals surface area contributed by atoms with E-state index in [1.165, 1.54) is 11.1 Å². The van der Waals surface area contributed by atoms with Crippen LogP contribution in [0.4, 0.5) is 0 Å². The molecule has 2 aromatic carbocycles. The predicted molar refractivity (Wildman–Crippen MR) is 110 cm³/mol. The van der Waals surface area contributed by atoms with Crippen LogP contribution >= 0.6 is 0 Å². The minimum Gasteiger partial charge on any atom is -0.374 e. The van der Waals surface area contributed by atoms with E-state index in [0.29, 0.717) is 0 Å². The topological polar surface area (TPSA) is 61.2 Å². The molecule has 0 amide bonds. The third-order valence-corrected chi connectivity index (χ3v) is 4.92. The van der Waals surface area contributed by atoms with E-state index in [9.17, 15) is 0 Å². The molecule has 0 radical (unpaired) electrons. The van der Waals surface area contributed by atoms with Crippen LogP contribution in [0.5, 0.6) is 0 Å². The van der Waals surface area contributed by atoms with E-state index in [4.69, 9.17) is 9.47 Å². The number of aromatic nitrogens is 3. The lowest BCUT2D eigenvalue weighted by Gasteiger charge is -2.25. The van der Waals surface area contributed by atoms with Crippen molar-refractivity contribution in [3.8, 4) is 0 Å². The quantitative estimate of drug-likeness (QED) is 0.602. The first kappa shape index (κ1) is 20.0. The van der Waals surface area contributed by atoms with Gasteiger partial charge in [-0.05, 0) is 31.4 Å². The van der Waals surface area contributed by atoms with Crippen molar-refractivity contribution in [3.05, 3.63) is 83.4 Å². The Morgan fingerprint density at radius 2 is 1.32 bits per heavy atom. The van der Waals surface area contributed by atoms with Gasteiger partial charge in [0.15, 0.2) is 11.6 Å². The summed E-state index contributed by atoms with van der Waals surface area (Å²) in [7, 11) is 3.34. The third kappa shape index (κ3) is 4.58. The van der Waals surface area contributed by atoms with E-state index < -0.39 is 0 Å². The SMILES string of the molecule is COC(C)c1nnc(C(C)OC)n1NC(Cc1ccccc1)c1ccccc1. The van der Waals surface area contributed by atoms with Crippen LogP contribution in [0.1, 0.15) is 54.9 Å². The zero-order valence-corrected chi connectivity index (χ0v) is 16.9. The lowest BCUT2D eigenvalue weighted by Crippen LogP contribution is -2.28. The van der Waals surface area contributed by atoms with Crippen molar-refractivity contribution in [2.45, 2.75) is 38.5 Å². The van der Waals surface area contributed by atoms with E-state index in [2.05, 4.69) is 64.2 Å². The highest BCUT2D eigenvalue weighted by atomic mass is 16.5. The number of nitrogens with zero attached hydrogens (tertiary/aromatic N) is 3. The van der Waals surface area contributed by atoms with Crippen molar-refractivity contribution >= 4 is 0 Å². The molecule has 148 valence electrons. The Bertz CT molecular complexity index is 824. The number of nitrogens with one attached hydrogen (secondary N) is 1. The maximum absolute atomic E-state index is 5.51. The van der Waals surface area contributed by atoms with E-state index in [-0.39, 0.29) is 18.2 Å². The Hall–Kier alpha value is -2.70. The molecule has 0 aliphatic heterocycles. The van der Waals surface area contributed by atoms with Gasteiger partial charge in [0, 0.05) is 14.2 Å². The molecule has 0 bridgehead atoms. The molecule has 6 heteroatoms. The van der Waals surface area contributed by atoms with Crippen molar-refractivity contribution in [1.82, 2.24) is 14.9 Å². The second-order valence-electron chi connectivity index (χ2n) is 6.79. The van der Waals surface area contributed by atoms with E-state index >= 15 is 0 Å². The highest BCUT2D eigenvalue weighted by molar-refractivity contribution is 5.26. The van der Waals surface area contributed by atoms with Gasteiger partial charge in [0.25, 0.3) is 0 Å². The summed E-state index contributed by atoms with van der Waals surface area (Å²) in [5.41, 5.74) is 6.06. The molecule has 28 heavy (non-hydrogen) atoms. The second-order valence-corrected chi connectivity index (χ2v) is 6.79. The second kappa shape index (κ2) is 9.48. The standard InChI is InChI=1S/C22H28N4O2/c1-16(27-3)21-23-24-22(17(2)28-4)26(21)25-20(19-13-9-6-10-14-19)15-18-11-7-5-8-12-18/h5-14,16-17,20,25H,15H2,1-4H3. The van der Waals surface area contributed by atoms with Crippen molar-refractivity contribution in [2.24, 2.45) is 0 Å². The molecule has 6 nitrogen and oxygen atoms in total. The minimum absolute atomic E-state index is 0.0326. The monoisotopic (exact) mass is 380 g/mol. The normalized spacial score (nSPS) is 14.4. The Morgan fingerprint density at radius 1 is 0.821 bits per heavy atom. The summed E-state index contributed by atoms with van der Waals surface area (Å²) in [5, 5.41) is 8.71. The summed E-state index contributed by atoms with van der Waals surface area (Å²) in [6, 6.07) is 20.9. The van der Waals surface area contributed by atoms with Crippen LogP contribution in [-0.2, 0) is 15.9 Å². The Morgan fingerprint density at radius 3 is 1.82 bits per heavy atom. The molecule has 3 rings (SSSR count). The van der Waals surface area contributed by atoms with E-state index in [1.54, 1.807) is 14.2 Å². The number of benzene rings is 2. The molecule has 0 spiro atoms. The molecule has 1 N–H and O–H groups in total. The van der Waals surface area contributed by atoms with Gasteiger partial charge in [-0.25, -0.2) is 4.68 Å². The van der Waals surface area contributed by atoms with Crippen molar-refractivity contribution in [1.29, 1.82) is 0 Å². The van der Waals surface area contributed by atoms with Crippen molar-refractivity contribution < 1.29 is 9.47 Å². The molecule has 0 saturated heterocycles. The largest absolute Gasteiger partial charge is 0.374 e. The van der Waals surface area contributed by atoms with Crippen molar-refractivity contribution in [3.63, 3.8) is 0 Å². The van der Waals surface area contributed by atoms with Gasteiger partial charge in [-0.1, -0.05) is 60.7 Å². The lowest BCUT2D eigenvalue weighted by atomic mass is 9.99. The maximum atomic E-state index is 5.51. The molecule has 3 aromatic rings. The number of methoxy groups -OCH3 is 2. The van der Waals surface area contributed by atoms with Crippen LogP contribution in [0, 0.1) is 0 Å². The Kier molecular flexibility index (Phi) is 6.79. The highest BCUT2D eigenvalue weighted by Gasteiger charge is 2.24. The zero-order valence-electron chi connectivity index (χ0n) is 16.9. The fourth-order valence-electron chi connectivity index (χ4n) is 3.11. The summed E-state index contributed by atoms with van der Waals surface area (Å²) < 4.78 is 12.9. The predicted octanol–water partition coefficient (Wildman–Crippen LogP) is 4.22. The smallest absolute Gasteiger partial charge is 0.180 e. The van der Waals surface area contributed by atoms with E-state index in [1.807, 2.05) is 30.7 Å². The van der Waals surface area contributed by atoms with Crippen molar-refractivity contribution in [2.75, 3.05) is 19.6 Å². The number of hydrogen-bond acceptors (Lipinski definition) is 5. The van der Waals surface area contributed by atoms with Crippen LogP contribution in [0.25, 0.3) is 0 Å². The third-order valence-electron chi connectivity index (χ3n) is 4.92. The molecule has 0 saturated carbocycles. The van der Waals surface area contributed by atoms with E-state index in [0.717, 1.165) is 18.1 Å². The van der Waals surface area contributed by atoms with Gasteiger partial charge in [-0.15, -0.1) is 10.2 Å². The fourth-order valence-corrected chi connectivity index (χ4v) is 3.11. The first-order chi connectivity index (χ1) is 13.6. The molecule has 0 fully saturated rings. The van der Waals surface area contributed by atoms with Crippen LogP contribution in [0.15, 0.2) is 60.7 Å². The minimum atomic E-state index is -0.203. The van der Waals surface area contributed by atoms with Crippen LogP contribution in [-0.4, -0.2) is 29.1 Å². The van der Waals surface area contributed by atoms with Gasteiger partial charge < -0.3 is 14.9 Å².